The van der Waals surface area contributed by atoms with E-state index in [4.69, 9.17) is 16.3 Å². The molecule has 2 aromatic carbocycles. The molecule has 1 saturated heterocycles. The monoisotopic (exact) mass is 436 g/mol. The van der Waals surface area contributed by atoms with Crippen LogP contribution in [0.5, 0.6) is 0 Å². The Kier molecular flexibility index (Phi) is 5.13. The van der Waals surface area contributed by atoms with E-state index in [9.17, 15) is 13.2 Å². The summed E-state index contributed by atoms with van der Waals surface area (Å²) in [5, 5.41) is 0.838. The number of nitrogens with zero attached hydrogens (tertiary/aromatic N) is 2. The zero-order chi connectivity index (χ0) is 19.9. The predicted molar refractivity (Wildman–Crippen MR) is 108 cm³/mol. The van der Waals surface area contributed by atoms with Gasteiger partial charge >= 0.3 is 5.97 Å². The Labute approximate surface area is 171 Å². The van der Waals surface area contributed by atoms with Crippen molar-refractivity contribution in [1.82, 2.24) is 9.29 Å². The van der Waals surface area contributed by atoms with Gasteiger partial charge in [-0.3, -0.25) is 0 Å². The molecule has 2 heterocycles. The quantitative estimate of drug-likeness (QED) is 0.571. The lowest BCUT2D eigenvalue weighted by molar-refractivity contribution is 0.0600. The lowest BCUT2D eigenvalue weighted by Crippen LogP contribution is -2.31. The van der Waals surface area contributed by atoms with Crippen molar-refractivity contribution in [2.45, 2.75) is 23.8 Å². The number of esters is 1. The van der Waals surface area contributed by atoms with E-state index < -0.39 is 16.0 Å². The van der Waals surface area contributed by atoms with Crippen molar-refractivity contribution >= 4 is 49.1 Å². The van der Waals surface area contributed by atoms with Gasteiger partial charge in [0.2, 0.25) is 10.0 Å². The van der Waals surface area contributed by atoms with Crippen LogP contribution in [0.3, 0.4) is 0 Å². The van der Waals surface area contributed by atoms with Crippen LogP contribution in [0.25, 0.3) is 10.2 Å². The average Bonchev–Trinajstić information content (AvgIpc) is 3.34. The summed E-state index contributed by atoms with van der Waals surface area (Å²) in [5.41, 5.74) is 0.999. The topological polar surface area (TPSA) is 76.6 Å². The van der Waals surface area contributed by atoms with Crippen LogP contribution in [0.15, 0.2) is 47.4 Å². The minimum absolute atomic E-state index is 0.0719. The van der Waals surface area contributed by atoms with E-state index in [2.05, 4.69) is 4.98 Å². The number of ether oxygens (including phenoxy) is 1. The molecule has 1 aliphatic rings. The Balaban J connectivity index is 1.75. The Morgan fingerprint density at radius 1 is 1.29 bits per heavy atom. The van der Waals surface area contributed by atoms with Crippen LogP contribution in [-0.4, -0.2) is 37.3 Å². The summed E-state index contributed by atoms with van der Waals surface area (Å²) < 4.78 is 33.9. The van der Waals surface area contributed by atoms with Gasteiger partial charge in [-0.2, -0.15) is 4.31 Å². The number of sulfonamides is 1. The molecule has 0 amide bonds. The van der Waals surface area contributed by atoms with Gasteiger partial charge in [-0.1, -0.05) is 23.7 Å². The summed E-state index contributed by atoms with van der Waals surface area (Å²) in [6.45, 7) is 0.377. The van der Waals surface area contributed by atoms with Crippen LogP contribution in [0, 0.1) is 0 Å². The second-order valence-corrected chi connectivity index (χ2v) is 9.76. The van der Waals surface area contributed by atoms with E-state index in [0.717, 1.165) is 21.6 Å². The molecular weight excluding hydrogens is 420 g/mol. The number of hydrogen-bond donors (Lipinski definition) is 0. The van der Waals surface area contributed by atoms with Gasteiger partial charge in [0, 0.05) is 6.54 Å². The Morgan fingerprint density at radius 2 is 2.07 bits per heavy atom. The second kappa shape index (κ2) is 7.44. The van der Waals surface area contributed by atoms with E-state index in [-0.39, 0.29) is 21.5 Å². The van der Waals surface area contributed by atoms with Gasteiger partial charge < -0.3 is 4.74 Å². The van der Waals surface area contributed by atoms with Gasteiger partial charge in [0.1, 0.15) is 9.90 Å². The number of hydrogen-bond acceptors (Lipinski definition) is 6. The number of para-hydroxylation sites is 1. The van der Waals surface area contributed by atoms with Crippen molar-refractivity contribution in [2.75, 3.05) is 13.7 Å². The molecule has 0 saturated carbocycles. The van der Waals surface area contributed by atoms with Crippen LogP contribution in [0.1, 0.15) is 34.2 Å². The molecule has 0 spiro atoms. The van der Waals surface area contributed by atoms with Crippen molar-refractivity contribution in [3.05, 3.63) is 58.1 Å². The third-order valence-electron chi connectivity index (χ3n) is 4.74. The summed E-state index contributed by atoms with van der Waals surface area (Å²) >= 11 is 7.70. The van der Waals surface area contributed by atoms with Gasteiger partial charge in [0.25, 0.3) is 0 Å². The van der Waals surface area contributed by atoms with Gasteiger partial charge in [-0.25, -0.2) is 18.2 Å². The number of aromatic nitrogens is 1. The highest BCUT2D eigenvalue weighted by molar-refractivity contribution is 7.89. The molecule has 0 N–H and O–H groups in total. The van der Waals surface area contributed by atoms with Crippen LogP contribution in [-0.2, 0) is 14.8 Å². The first-order chi connectivity index (χ1) is 13.4. The van der Waals surface area contributed by atoms with Gasteiger partial charge in [0.15, 0.2) is 0 Å². The van der Waals surface area contributed by atoms with Gasteiger partial charge in [0.05, 0.1) is 34.0 Å². The average molecular weight is 437 g/mol. The summed E-state index contributed by atoms with van der Waals surface area (Å²) in [6.07, 6.45) is 1.42. The third kappa shape index (κ3) is 3.30. The number of rotatable bonds is 4. The van der Waals surface area contributed by atoms with Crippen molar-refractivity contribution in [2.24, 2.45) is 0 Å². The van der Waals surface area contributed by atoms with E-state index in [1.807, 2.05) is 24.3 Å². The van der Waals surface area contributed by atoms with E-state index in [0.29, 0.717) is 13.0 Å². The number of fused-ring (bicyclic) bond motifs is 1. The number of benzene rings is 2. The number of methoxy groups -OCH3 is 1. The first-order valence-corrected chi connectivity index (χ1v) is 11.3. The molecule has 1 fully saturated rings. The van der Waals surface area contributed by atoms with Crippen LogP contribution in [0.2, 0.25) is 5.02 Å². The molecule has 6 nitrogen and oxygen atoms in total. The minimum Gasteiger partial charge on any atom is -0.465 e. The largest absolute Gasteiger partial charge is 0.465 e. The number of carbonyl (C=O) groups excluding carboxylic acids is 1. The van der Waals surface area contributed by atoms with E-state index >= 15 is 0 Å². The first-order valence-electron chi connectivity index (χ1n) is 8.67. The Morgan fingerprint density at radius 3 is 2.82 bits per heavy atom. The smallest absolute Gasteiger partial charge is 0.337 e. The SMILES string of the molecule is COC(=O)c1ccc(Cl)c(S(=O)(=O)N2CCCC2c2nc3ccccc3s2)c1. The fourth-order valence-electron chi connectivity index (χ4n) is 3.38. The maximum Gasteiger partial charge on any atom is 0.337 e. The first kappa shape index (κ1) is 19.3. The van der Waals surface area contributed by atoms with Gasteiger partial charge in [-0.15, -0.1) is 11.3 Å². The maximum atomic E-state index is 13.4. The van der Waals surface area contributed by atoms with Crippen molar-refractivity contribution in [1.29, 1.82) is 0 Å². The maximum absolute atomic E-state index is 13.4. The molecule has 3 aromatic rings. The summed E-state index contributed by atoms with van der Waals surface area (Å²) in [4.78, 5) is 16.4. The Bertz CT molecular complexity index is 1130. The summed E-state index contributed by atoms with van der Waals surface area (Å²) in [6, 6.07) is 11.5. The fourth-order valence-corrected chi connectivity index (χ4v) is 6.72. The van der Waals surface area contributed by atoms with Gasteiger partial charge in [-0.05, 0) is 43.2 Å². The highest BCUT2D eigenvalue weighted by Crippen LogP contribution is 2.40. The van der Waals surface area contributed by atoms with E-state index in [1.165, 1.54) is 41.0 Å². The molecule has 1 atom stereocenters. The third-order valence-corrected chi connectivity index (χ3v) is 8.27. The summed E-state index contributed by atoms with van der Waals surface area (Å²) in [7, 11) is -2.66. The molecular formula is C19H17ClN2O4S2. The second-order valence-electron chi connectivity index (χ2n) is 6.43. The Hall–Kier alpha value is -2.00. The highest BCUT2D eigenvalue weighted by atomic mass is 35.5. The van der Waals surface area contributed by atoms with Crippen LogP contribution >= 0.6 is 22.9 Å². The molecule has 146 valence electrons. The van der Waals surface area contributed by atoms with Crippen molar-refractivity contribution in [3.63, 3.8) is 0 Å². The fraction of sp³-hybridized carbons (Fsp3) is 0.263. The standard InChI is InChI=1S/C19H17ClN2O4S2/c1-26-19(23)12-8-9-13(20)17(11-12)28(24,25)22-10-4-6-15(22)18-21-14-5-2-3-7-16(14)27-18/h2-3,5,7-9,11,15H,4,6,10H2,1H3. The molecule has 0 bridgehead atoms. The normalized spacial score (nSPS) is 17.9. The molecule has 0 radical (unpaired) electrons. The highest BCUT2D eigenvalue weighted by Gasteiger charge is 2.39. The van der Waals surface area contributed by atoms with E-state index in [1.54, 1.807) is 0 Å². The molecule has 1 unspecified atom stereocenters. The summed E-state index contributed by atoms with van der Waals surface area (Å²) in [5.74, 6) is -0.614. The molecule has 1 aromatic heterocycles. The van der Waals surface area contributed by atoms with Crippen molar-refractivity contribution in [3.8, 4) is 0 Å². The zero-order valence-electron chi connectivity index (χ0n) is 15.0. The minimum atomic E-state index is -3.91. The van der Waals surface area contributed by atoms with Crippen molar-refractivity contribution < 1.29 is 17.9 Å². The molecule has 28 heavy (non-hydrogen) atoms. The molecule has 4 rings (SSSR count). The lowest BCUT2D eigenvalue weighted by Gasteiger charge is -2.23. The number of halogens is 1. The predicted octanol–water partition coefficient (Wildman–Crippen LogP) is 4.26. The zero-order valence-corrected chi connectivity index (χ0v) is 17.4. The number of thiazole rings is 1. The number of carbonyl (C=O) groups is 1. The molecule has 0 aliphatic carbocycles. The lowest BCUT2D eigenvalue weighted by atomic mass is 10.2. The van der Waals surface area contributed by atoms with Crippen LogP contribution < -0.4 is 0 Å². The van der Waals surface area contributed by atoms with Crippen LogP contribution in [0.4, 0.5) is 0 Å². The molecule has 1 aliphatic heterocycles. The molecule has 9 heteroatoms.